The minimum Gasteiger partial charge on any atom is -0.474 e. The van der Waals surface area contributed by atoms with Crippen LogP contribution in [0.4, 0.5) is 5.69 Å². The molecule has 10 radical (unpaired) electrons. The van der Waals surface area contributed by atoms with Gasteiger partial charge in [-0.05, 0) is 49.8 Å². The summed E-state index contributed by atoms with van der Waals surface area (Å²) in [7, 11) is 0. The second-order valence-electron chi connectivity index (χ2n) is 9.43. The van der Waals surface area contributed by atoms with Gasteiger partial charge in [0, 0.05) is 29.6 Å². The zero-order valence-corrected chi connectivity index (χ0v) is 27.3. The van der Waals surface area contributed by atoms with Crippen molar-refractivity contribution >= 4 is 36.3 Å². The van der Waals surface area contributed by atoms with Crippen LogP contribution in [0.5, 0.6) is 0 Å². The summed E-state index contributed by atoms with van der Waals surface area (Å²) in [5, 5.41) is 11.7. The van der Waals surface area contributed by atoms with Gasteiger partial charge in [-0.1, -0.05) is 12.8 Å². The standard InChI is InChI=1S/C15H11N2O2.C5H4.3C4H9.Fe.Sn/c1-10-6-14(17(18)19)8-12-7-13(9-16-15(10)12)11-4-2-3-5-11;1-2-4-5-3-1;3*1-3-4-2;;/h2-9H,1H3;1-4H;3*1,3-4H2,2H3;;/q;-1;;;;+2;+1. The van der Waals surface area contributed by atoms with Gasteiger partial charge in [0.05, 0.1) is 10.4 Å². The van der Waals surface area contributed by atoms with Gasteiger partial charge >= 0.3 is 109 Å². The number of rotatable bonds is 11. The van der Waals surface area contributed by atoms with Crippen molar-refractivity contribution in [3.63, 3.8) is 0 Å². The molecule has 2 aliphatic rings. The van der Waals surface area contributed by atoms with Crippen LogP contribution in [0.2, 0.25) is 13.3 Å². The van der Waals surface area contributed by atoms with E-state index in [-0.39, 0.29) is 27.7 Å². The van der Waals surface area contributed by atoms with E-state index in [1.165, 1.54) is 38.5 Å². The molecule has 1 aromatic heterocycles. The molecule has 2 aliphatic carbocycles. The van der Waals surface area contributed by atoms with Crippen molar-refractivity contribution in [3.05, 3.63) is 109 Å². The van der Waals surface area contributed by atoms with E-state index >= 15 is 0 Å². The number of non-ortho nitro benzene ring substituents is 1. The van der Waals surface area contributed by atoms with Gasteiger partial charge in [0.25, 0.3) is 5.69 Å². The fourth-order valence-corrected chi connectivity index (χ4v) is 13.6. The Labute approximate surface area is 250 Å². The maximum atomic E-state index is 10.9. The molecule has 0 bridgehead atoms. The van der Waals surface area contributed by atoms with Crippen LogP contribution >= 0.6 is 0 Å². The van der Waals surface area contributed by atoms with Gasteiger partial charge < -0.3 is 6.42 Å². The molecule has 1 aromatic carbocycles. The summed E-state index contributed by atoms with van der Waals surface area (Å²) < 4.78 is 5.04. The Kier molecular flexibility index (Phi) is 19.7. The minimum atomic E-state index is -0.839. The van der Waals surface area contributed by atoms with E-state index in [1.807, 2.05) is 64.4 Å². The van der Waals surface area contributed by atoms with Gasteiger partial charge in [-0.25, -0.2) is 12.8 Å². The normalized spacial score (nSPS) is 14.7. The number of aryl methyl sites for hydroxylation is 1. The third kappa shape index (κ3) is 13.1. The summed E-state index contributed by atoms with van der Waals surface area (Å²) in [5.74, 6) is 1.07. The molecule has 38 heavy (non-hydrogen) atoms. The summed E-state index contributed by atoms with van der Waals surface area (Å²) in [5.41, 5.74) is 2.70. The number of fused-ring (bicyclic) bond motifs is 1. The largest absolute Gasteiger partial charge is 2.00 e. The van der Waals surface area contributed by atoms with Crippen molar-refractivity contribution < 1.29 is 22.0 Å². The van der Waals surface area contributed by atoms with Crippen LogP contribution in [0, 0.1) is 80.7 Å². The third-order valence-corrected chi connectivity index (χ3v) is 15.4. The van der Waals surface area contributed by atoms with Gasteiger partial charge in [-0.3, -0.25) is 15.1 Å². The Morgan fingerprint density at radius 1 is 0.868 bits per heavy atom. The molecule has 0 atom stereocenters. The van der Waals surface area contributed by atoms with Crippen molar-refractivity contribution in [1.29, 1.82) is 0 Å². The van der Waals surface area contributed by atoms with Crippen molar-refractivity contribution in [2.75, 3.05) is 0 Å². The number of aromatic nitrogens is 1. The summed E-state index contributed by atoms with van der Waals surface area (Å²) in [4.78, 5) is 14.9. The maximum absolute atomic E-state index is 10.9. The third-order valence-electron chi connectivity index (χ3n) is 6.31. The van der Waals surface area contributed by atoms with E-state index < -0.39 is 19.8 Å². The Bertz CT molecular complexity index is 887. The molecule has 4 rings (SSSR count). The van der Waals surface area contributed by atoms with E-state index in [0.717, 1.165) is 27.9 Å². The summed E-state index contributed by atoms with van der Waals surface area (Å²) in [6.07, 6.45) is 29.0. The molecule has 4 nitrogen and oxygen atoms in total. The monoisotopic (exact) mass is 662 g/mol. The molecule has 202 valence electrons. The molecule has 2 aromatic rings. The molecule has 1 heterocycles. The number of benzene rings is 1. The van der Waals surface area contributed by atoms with Gasteiger partial charge in [0.2, 0.25) is 0 Å². The van der Waals surface area contributed by atoms with Crippen LogP contribution in [-0.2, 0) is 17.1 Å². The van der Waals surface area contributed by atoms with Crippen LogP contribution in [-0.4, -0.2) is 29.7 Å². The Morgan fingerprint density at radius 3 is 1.87 bits per heavy atom. The number of pyridine rings is 1. The Morgan fingerprint density at radius 2 is 1.42 bits per heavy atom. The molecule has 0 aliphatic heterocycles. The van der Waals surface area contributed by atoms with E-state index in [9.17, 15) is 10.1 Å². The molecule has 0 unspecified atom stereocenters. The minimum absolute atomic E-state index is 0. The predicted octanol–water partition coefficient (Wildman–Crippen LogP) is 8.98. The summed E-state index contributed by atoms with van der Waals surface area (Å²) >= 11 is -0.839. The number of nitrogens with zero attached hydrogens (tertiary/aromatic N) is 2. The molecule has 0 spiro atoms. The van der Waals surface area contributed by atoms with Crippen LogP contribution in [0.1, 0.15) is 70.4 Å². The molecule has 6 heteroatoms. The van der Waals surface area contributed by atoms with Gasteiger partial charge in [0.15, 0.2) is 0 Å². The van der Waals surface area contributed by atoms with E-state index in [1.54, 1.807) is 31.6 Å². The van der Waals surface area contributed by atoms with Crippen molar-refractivity contribution in [3.8, 4) is 0 Å². The average molecular weight is 661 g/mol. The quantitative estimate of drug-likeness (QED) is 0.105. The number of nitro groups is 1. The van der Waals surface area contributed by atoms with Crippen LogP contribution in [0.15, 0.2) is 24.4 Å². The van der Waals surface area contributed by atoms with Gasteiger partial charge in [-0.2, -0.15) is 0 Å². The topological polar surface area (TPSA) is 56.0 Å². The molecule has 0 amide bonds. The number of hydrogen-bond donors (Lipinski definition) is 0. The van der Waals surface area contributed by atoms with Crippen molar-refractivity contribution in [2.45, 2.75) is 79.5 Å². The second-order valence-corrected chi connectivity index (χ2v) is 18.0. The van der Waals surface area contributed by atoms with Crippen molar-refractivity contribution in [1.82, 2.24) is 4.98 Å². The fourth-order valence-electron chi connectivity index (χ4n) is 4.18. The van der Waals surface area contributed by atoms with E-state index in [0.29, 0.717) is 0 Å². The molecule has 0 saturated heterocycles. The second kappa shape index (κ2) is 21.1. The first-order valence-corrected chi connectivity index (χ1v) is 19.7. The molecular weight excluding hydrogens is 619 g/mol. The summed E-state index contributed by atoms with van der Waals surface area (Å²) in [6, 6.07) is 5.07. The molecule has 2 fully saturated rings. The molecular formula is C32H42FeN2O2Sn+2. The number of hydrogen-bond acceptors (Lipinski definition) is 3. The first-order valence-electron chi connectivity index (χ1n) is 13.7. The first-order chi connectivity index (χ1) is 18.0. The van der Waals surface area contributed by atoms with Gasteiger partial charge in [0.1, 0.15) is 0 Å². The van der Waals surface area contributed by atoms with Crippen LogP contribution in [0.25, 0.3) is 10.9 Å². The zero-order valence-electron chi connectivity index (χ0n) is 23.4. The Balaban J connectivity index is 0.000000330. The molecule has 0 N–H and O–H groups in total. The molecule has 2 saturated carbocycles. The SMILES string of the molecule is CCC[CH2][Sn+]([CH2]CCC)[CH2]CCC.Cc1cc([N+](=O)[O-])cc2cc([C]3[CH][CH][CH][CH]3)cnc12.[C-]1[CH][CH][CH][CH]1.[Fe+2]. The maximum Gasteiger partial charge on any atom is 2.00 e. The average Bonchev–Trinajstić information content (AvgIpc) is 3.66. The summed E-state index contributed by atoms with van der Waals surface area (Å²) in [6.45, 7) is 8.84. The van der Waals surface area contributed by atoms with E-state index in [4.69, 9.17) is 0 Å². The number of nitro benzene ring substituents is 1. The predicted molar refractivity (Wildman–Crippen MR) is 158 cm³/mol. The van der Waals surface area contributed by atoms with Crippen LogP contribution in [0.3, 0.4) is 0 Å². The van der Waals surface area contributed by atoms with Crippen LogP contribution < -0.4 is 0 Å². The smallest absolute Gasteiger partial charge is 0.474 e. The van der Waals surface area contributed by atoms with Gasteiger partial charge in [-0.15, -0.1) is 0 Å². The van der Waals surface area contributed by atoms with E-state index in [2.05, 4.69) is 32.2 Å². The first kappa shape index (κ1) is 35.4. The fraction of sp³-hybridized carbons (Fsp3) is 0.406. The van der Waals surface area contributed by atoms with Crippen molar-refractivity contribution in [2.24, 2.45) is 0 Å². The number of unbranched alkanes of at least 4 members (excludes halogenated alkanes) is 3. The Hall–Kier alpha value is -0.652. The zero-order chi connectivity index (χ0) is 26.9.